The van der Waals surface area contributed by atoms with E-state index in [2.05, 4.69) is 34.1 Å². The summed E-state index contributed by atoms with van der Waals surface area (Å²) in [6.07, 6.45) is -2.14. The van der Waals surface area contributed by atoms with Gasteiger partial charge < -0.3 is 9.64 Å². The Kier molecular flexibility index (Phi) is 8.34. The van der Waals surface area contributed by atoms with Crippen molar-refractivity contribution in [2.45, 2.75) is 38.0 Å². The van der Waals surface area contributed by atoms with Crippen molar-refractivity contribution in [1.82, 2.24) is 9.80 Å². The lowest BCUT2D eigenvalue weighted by atomic mass is 9.86. The molecule has 0 unspecified atom stereocenters. The van der Waals surface area contributed by atoms with Gasteiger partial charge in [-0.3, -0.25) is 14.6 Å². The van der Waals surface area contributed by atoms with Gasteiger partial charge in [0.2, 0.25) is 0 Å². The van der Waals surface area contributed by atoms with Gasteiger partial charge >= 0.3 is 12.1 Å². The number of hydrogen-bond donors (Lipinski definition) is 0. The number of piperidine rings is 1. The van der Waals surface area contributed by atoms with E-state index in [-0.39, 0.29) is 5.97 Å². The maximum absolute atomic E-state index is 13.1. The minimum Gasteiger partial charge on any atom is -0.469 e. The van der Waals surface area contributed by atoms with Crippen LogP contribution in [0.5, 0.6) is 0 Å². The van der Waals surface area contributed by atoms with Crippen LogP contribution < -0.4 is 4.90 Å². The number of nitrogens with zero attached hydrogens (tertiary/aromatic N) is 3. The van der Waals surface area contributed by atoms with E-state index in [0.29, 0.717) is 37.2 Å². The molecule has 4 rings (SSSR count). The Morgan fingerprint density at radius 1 is 1.00 bits per heavy atom. The van der Waals surface area contributed by atoms with Crippen molar-refractivity contribution in [2.75, 3.05) is 51.3 Å². The van der Waals surface area contributed by atoms with Crippen LogP contribution in [-0.4, -0.2) is 68.2 Å². The summed E-state index contributed by atoms with van der Waals surface area (Å²) in [6.45, 7) is 5.78. The molecule has 190 valence electrons. The number of ether oxygens (including phenoxy) is 1. The largest absolute Gasteiger partial charge is 0.469 e. The van der Waals surface area contributed by atoms with Gasteiger partial charge in [-0.2, -0.15) is 13.2 Å². The normalized spacial score (nSPS) is 22.2. The zero-order valence-electron chi connectivity index (χ0n) is 20.2. The number of hydrogen-bond acceptors (Lipinski definition) is 5. The molecule has 0 spiro atoms. The number of likely N-dealkylation sites (tertiary alicyclic amines) is 1. The highest BCUT2D eigenvalue weighted by Crippen LogP contribution is 2.33. The molecule has 0 bridgehead atoms. The number of alkyl halides is 3. The summed E-state index contributed by atoms with van der Waals surface area (Å²) in [6, 6.07) is 16.4. The minimum absolute atomic E-state index is 0.182. The fourth-order valence-electron chi connectivity index (χ4n) is 5.44. The number of halogens is 3. The molecule has 0 saturated carbocycles. The van der Waals surface area contributed by atoms with Crippen LogP contribution in [0, 0.1) is 5.92 Å². The number of anilines is 1. The van der Waals surface area contributed by atoms with Gasteiger partial charge in [0, 0.05) is 57.4 Å². The third-order valence-electron chi connectivity index (χ3n) is 7.30. The van der Waals surface area contributed by atoms with Gasteiger partial charge in [0.25, 0.3) is 0 Å². The first-order valence-corrected chi connectivity index (χ1v) is 12.3. The Morgan fingerprint density at radius 2 is 1.74 bits per heavy atom. The van der Waals surface area contributed by atoms with Crippen LogP contribution >= 0.6 is 0 Å². The second kappa shape index (κ2) is 11.4. The van der Waals surface area contributed by atoms with Crippen LogP contribution in [0.25, 0.3) is 0 Å². The van der Waals surface area contributed by atoms with E-state index in [9.17, 15) is 18.0 Å². The molecule has 5 nitrogen and oxygen atoms in total. The molecule has 2 aliphatic heterocycles. The quantitative estimate of drug-likeness (QED) is 0.529. The van der Waals surface area contributed by atoms with Crippen molar-refractivity contribution in [3.63, 3.8) is 0 Å². The summed E-state index contributed by atoms with van der Waals surface area (Å²) in [7, 11) is 1.43. The predicted molar refractivity (Wildman–Crippen MR) is 130 cm³/mol. The maximum atomic E-state index is 13.1. The predicted octanol–water partition coefficient (Wildman–Crippen LogP) is 4.67. The van der Waals surface area contributed by atoms with E-state index in [0.717, 1.165) is 51.6 Å². The van der Waals surface area contributed by atoms with Gasteiger partial charge in [-0.1, -0.05) is 36.4 Å². The molecule has 2 heterocycles. The fraction of sp³-hybridized carbons (Fsp3) is 0.519. The van der Waals surface area contributed by atoms with E-state index in [1.807, 2.05) is 11.0 Å². The molecule has 35 heavy (non-hydrogen) atoms. The molecule has 0 aliphatic carbocycles. The van der Waals surface area contributed by atoms with Crippen LogP contribution in [0.15, 0.2) is 54.6 Å². The summed E-state index contributed by atoms with van der Waals surface area (Å²) in [5.41, 5.74) is 1.30. The molecule has 2 aromatic rings. The first-order valence-electron chi connectivity index (χ1n) is 12.3. The lowest BCUT2D eigenvalue weighted by molar-refractivity contribution is -0.141. The Labute approximate surface area is 205 Å². The highest BCUT2D eigenvalue weighted by atomic mass is 19.4. The molecule has 2 saturated heterocycles. The molecule has 2 fully saturated rings. The van der Waals surface area contributed by atoms with Crippen molar-refractivity contribution in [2.24, 2.45) is 5.92 Å². The number of esters is 1. The summed E-state index contributed by atoms with van der Waals surface area (Å²) in [5.74, 6) is 0.157. The molecule has 0 aromatic heterocycles. The fourth-order valence-corrected chi connectivity index (χ4v) is 5.44. The third kappa shape index (κ3) is 6.76. The summed E-state index contributed by atoms with van der Waals surface area (Å²) in [5, 5.41) is 0. The molecular formula is C27H34F3N3O2. The SMILES string of the molecule is COC(=O)CC[C@@H]1CN(Cc2ccccc2)CC[C@H]1N1CCN(c2cccc(C(F)(F)F)c2)CC1. The second-order valence-corrected chi connectivity index (χ2v) is 9.52. The van der Waals surface area contributed by atoms with Crippen molar-refractivity contribution in [3.8, 4) is 0 Å². The van der Waals surface area contributed by atoms with E-state index in [1.54, 1.807) is 6.07 Å². The van der Waals surface area contributed by atoms with Gasteiger partial charge in [0.1, 0.15) is 0 Å². The van der Waals surface area contributed by atoms with Crippen molar-refractivity contribution in [3.05, 3.63) is 65.7 Å². The summed E-state index contributed by atoms with van der Waals surface area (Å²) < 4.78 is 44.3. The Hall–Kier alpha value is -2.58. The topological polar surface area (TPSA) is 36.0 Å². The second-order valence-electron chi connectivity index (χ2n) is 9.52. The van der Waals surface area contributed by atoms with Crippen LogP contribution in [-0.2, 0) is 22.3 Å². The van der Waals surface area contributed by atoms with Crippen molar-refractivity contribution in [1.29, 1.82) is 0 Å². The standard InChI is InChI=1S/C27H34F3N3O2/c1-35-26(34)11-10-22-20-31(19-21-6-3-2-4-7-21)13-12-25(22)33-16-14-32(15-17-33)24-9-5-8-23(18-24)27(28,29)30/h2-9,18,22,25H,10-17,19-20H2,1H3/t22-,25-/m1/s1. The molecule has 0 N–H and O–H groups in total. The summed E-state index contributed by atoms with van der Waals surface area (Å²) >= 11 is 0. The highest BCUT2D eigenvalue weighted by Gasteiger charge is 2.35. The molecular weight excluding hydrogens is 455 g/mol. The van der Waals surface area contributed by atoms with Gasteiger partial charge in [-0.05, 0) is 49.1 Å². The van der Waals surface area contributed by atoms with E-state index in [4.69, 9.17) is 4.74 Å². The number of carbonyl (C=O) groups is 1. The Morgan fingerprint density at radius 3 is 2.43 bits per heavy atom. The highest BCUT2D eigenvalue weighted by molar-refractivity contribution is 5.69. The molecule has 2 aromatic carbocycles. The van der Waals surface area contributed by atoms with E-state index >= 15 is 0 Å². The van der Waals surface area contributed by atoms with Crippen LogP contribution in [0.1, 0.15) is 30.4 Å². The van der Waals surface area contributed by atoms with Gasteiger partial charge in [0.15, 0.2) is 0 Å². The Bertz CT molecular complexity index is 962. The van der Waals surface area contributed by atoms with Gasteiger partial charge in [-0.15, -0.1) is 0 Å². The first-order chi connectivity index (χ1) is 16.8. The molecule has 2 atom stereocenters. The number of carbonyl (C=O) groups excluding carboxylic acids is 1. The zero-order chi connectivity index (χ0) is 24.8. The number of benzene rings is 2. The molecule has 0 radical (unpaired) electrons. The molecule has 2 aliphatic rings. The van der Waals surface area contributed by atoms with E-state index in [1.165, 1.54) is 24.8 Å². The van der Waals surface area contributed by atoms with Crippen molar-refractivity contribution < 1.29 is 22.7 Å². The van der Waals surface area contributed by atoms with Crippen LogP contribution in [0.2, 0.25) is 0 Å². The van der Waals surface area contributed by atoms with E-state index < -0.39 is 11.7 Å². The average molecular weight is 490 g/mol. The number of methoxy groups -OCH3 is 1. The van der Waals surface area contributed by atoms with Crippen LogP contribution in [0.3, 0.4) is 0 Å². The van der Waals surface area contributed by atoms with Crippen LogP contribution in [0.4, 0.5) is 18.9 Å². The Balaban J connectivity index is 1.39. The maximum Gasteiger partial charge on any atom is 0.416 e. The summed E-state index contributed by atoms with van der Waals surface area (Å²) in [4.78, 5) is 18.9. The average Bonchev–Trinajstić information content (AvgIpc) is 2.88. The number of rotatable bonds is 7. The molecule has 8 heteroatoms. The molecule has 0 amide bonds. The monoisotopic (exact) mass is 489 g/mol. The van der Waals surface area contributed by atoms with Gasteiger partial charge in [0.05, 0.1) is 12.7 Å². The lowest BCUT2D eigenvalue weighted by Crippen LogP contribution is -2.56. The smallest absolute Gasteiger partial charge is 0.416 e. The third-order valence-corrected chi connectivity index (χ3v) is 7.30. The zero-order valence-corrected chi connectivity index (χ0v) is 20.2. The lowest BCUT2D eigenvalue weighted by Gasteiger charge is -2.47. The first kappa shape index (κ1) is 25.5. The number of piperazine rings is 1. The minimum atomic E-state index is -4.33. The van der Waals surface area contributed by atoms with Crippen molar-refractivity contribution >= 4 is 11.7 Å². The van der Waals surface area contributed by atoms with Gasteiger partial charge in [-0.25, -0.2) is 0 Å².